The standard InChI is InChI=1S/C17H15ClF2N4O2/c18-13-10-2-1-3-12(10)21-8-11(13)14-23-16(26-24-14)15(25)22-9-4-6-17(19,20)7-5-9/h1-2,8-9H,3-7H2,(H,22,25). The zero-order chi connectivity index (χ0) is 18.3. The average Bonchev–Trinajstić information content (AvgIpc) is 3.26. The minimum Gasteiger partial charge on any atom is -0.345 e. The number of nitrogens with zero attached hydrogens (tertiary/aromatic N) is 3. The molecule has 136 valence electrons. The van der Waals surface area contributed by atoms with Gasteiger partial charge in [0.15, 0.2) is 0 Å². The van der Waals surface area contributed by atoms with Crippen LogP contribution in [0.25, 0.3) is 17.5 Å². The molecule has 2 heterocycles. The fourth-order valence-electron chi connectivity index (χ4n) is 3.17. The van der Waals surface area contributed by atoms with Crippen LogP contribution in [-0.2, 0) is 6.42 Å². The summed E-state index contributed by atoms with van der Waals surface area (Å²) in [5, 5.41) is 6.91. The average molecular weight is 381 g/mol. The van der Waals surface area contributed by atoms with E-state index in [1.165, 1.54) is 0 Å². The Morgan fingerprint density at radius 1 is 1.35 bits per heavy atom. The van der Waals surface area contributed by atoms with Gasteiger partial charge in [0.25, 0.3) is 0 Å². The minimum atomic E-state index is -2.65. The van der Waals surface area contributed by atoms with Crippen molar-refractivity contribution in [3.8, 4) is 11.4 Å². The molecule has 26 heavy (non-hydrogen) atoms. The van der Waals surface area contributed by atoms with Gasteiger partial charge in [0, 0.05) is 37.1 Å². The molecule has 2 aromatic heterocycles. The highest BCUT2D eigenvalue weighted by atomic mass is 35.5. The second-order valence-corrected chi connectivity index (χ2v) is 6.86. The quantitative estimate of drug-likeness (QED) is 0.878. The van der Waals surface area contributed by atoms with E-state index in [0.717, 1.165) is 17.7 Å². The van der Waals surface area contributed by atoms with E-state index < -0.39 is 11.8 Å². The summed E-state index contributed by atoms with van der Waals surface area (Å²) in [5.74, 6) is -3.30. The number of allylic oxidation sites excluding steroid dienone is 1. The van der Waals surface area contributed by atoms with Crippen molar-refractivity contribution in [3.63, 3.8) is 0 Å². The van der Waals surface area contributed by atoms with Gasteiger partial charge in [-0.2, -0.15) is 4.98 Å². The lowest BCUT2D eigenvalue weighted by molar-refractivity contribution is -0.0400. The first-order chi connectivity index (χ1) is 12.4. The molecule has 0 unspecified atom stereocenters. The molecular formula is C17H15ClF2N4O2. The molecule has 0 aromatic carbocycles. The number of rotatable bonds is 3. The highest BCUT2D eigenvalue weighted by molar-refractivity contribution is 6.34. The van der Waals surface area contributed by atoms with Crippen LogP contribution in [0.3, 0.4) is 0 Å². The molecule has 1 fully saturated rings. The SMILES string of the molecule is O=C(NC1CCC(F)(F)CC1)c1nc(-c2cnc3c(c2Cl)C=CC3)no1. The number of aromatic nitrogens is 3. The Hall–Kier alpha value is -2.35. The van der Waals surface area contributed by atoms with Crippen molar-refractivity contribution in [2.75, 3.05) is 0 Å². The summed E-state index contributed by atoms with van der Waals surface area (Å²) in [7, 11) is 0. The molecule has 0 spiro atoms. The van der Waals surface area contributed by atoms with E-state index in [4.69, 9.17) is 16.1 Å². The lowest BCUT2D eigenvalue weighted by Gasteiger charge is -2.28. The third-order valence-corrected chi connectivity index (χ3v) is 5.05. The smallest absolute Gasteiger partial charge is 0.316 e. The number of fused-ring (bicyclic) bond motifs is 1. The Kier molecular flexibility index (Phi) is 4.22. The number of halogens is 3. The van der Waals surface area contributed by atoms with Gasteiger partial charge in [-0.3, -0.25) is 9.78 Å². The van der Waals surface area contributed by atoms with E-state index in [-0.39, 0.29) is 43.4 Å². The topological polar surface area (TPSA) is 80.9 Å². The van der Waals surface area contributed by atoms with Crippen molar-refractivity contribution in [1.29, 1.82) is 0 Å². The Morgan fingerprint density at radius 3 is 2.88 bits per heavy atom. The van der Waals surface area contributed by atoms with E-state index in [1.807, 2.05) is 12.2 Å². The maximum absolute atomic E-state index is 13.2. The normalized spacial score (nSPS) is 18.7. The van der Waals surface area contributed by atoms with Gasteiger partial charge >= 0.3 is 11.8 Å². The van der Waals surface area contributed by atoms with Crippen LogP contribution < -0.4 is 5.32 Å². The fourth-order valence-corrected chi connectivity index (χ4v) is 3.48. The molecule has 2 aliphatic carbocycles. The van der Waals surface area contributed by atoms with Crippen LogP contribution in [-0.4, -0.2) is 33.0 Å². The molecule has 0 bridgehead atoms. The Labute approximate surface area is 152 Å². The van der Waals surface area contributed by atoms with Gasteiger partial charge in [-0.15, -0.1) is 0 Å². The summed E-state index contributed by atoms with van der Waals surface area (Å²) < 4.78 is 31.4. The molecule has 9 heteroatoms. The van der Waals surface area contributed by atoms with Crippen molar-refractivity contribution in [3.05, 3.63) is 34.4 Å². The molecule has 0 saturated heterocycles. The van der Waals surface area contributed by atoms with Gasteiger partial charge in [0.2, 0.25) is 11.7 Å². The second kappa shape index (κ2) is 6.42. The summed E-state index contributed by atoms with van der Waals surface area (Å²) in [6.45, 7) is 0. The predicted octanol–water partition coefficient (Wildman–Crippen LogP) is 3.66. The minimum absolute atomic E-state index is 0.158. The highest BCUT2D eigenvalue weighted by Gasteiger charge is 2.36. The first-order valence-electron chi connectivity index (χ1n) is 8.30. The second-order valence-electron chi connectivity index (χ2n) is 6.48. The molecule has 1 N–H and O–H groups in total. The molecular weight excluding hydrogens is 366 g/mol. The maximum atomic E-state index is 13.2. The lowest BCUT2D eigenvalue weighted by Crippen LogP contribution is -2.40. The van der Waals surface area contributed by atoms with E-state index in [9.17, 15) is 13.6 Å². The number of carbonyl (C=O) groups excluding carboxylic acids is 1. The largest absolute Gasteiger partial charge is 0.345 e. The van der Waals surface area contributed by atoms with Gasteiger partial charge in [0.1, 0.15) is 0 Å². The van der Waals surface area contributed by atoms with E-state index in [1.54, 1.807) is 6.20 Å². The van der Waals surface area contributed by atoms with Crippen molar-refractivity contribution in [2.45, 2.75) is 44.1 Å². The van der Waals surface area contributed by atoms with Crippen LogP contribution in [0.2, 0.25) is 5.02 Å². The summed E-state index contributed by atoms with van der Waals surface area (Å²) in [6, 6.07) is -0.326. The van der Waals surface area contributed by atoms with Gasteiger partial charge in [-0.25, -0.2) is 8.78 Å². The number of alkyl halides is 2. The van der Waals surface area contributed by atoms with Crippen LogP contribution in [0.5, 0.6) is 0 Å². The van der Waals surface area contributed by atoms with Crippen LogP contribution >= 0.6 is 11.6 Å². The Balaban J connectivity index is 1.48. The molecule has 0 radical (unpaired) electrons. The summed E-state index contributed by atoms with van der Waals surface area (Å²) in [5.41, 5.74) is 2.15. The monoisotopic (exact) mass is 380 g/mol. The number of hydrogen-bond acceptors (Lipinski definition) is 5. The molecule has 2 aromatic rings. The number of pyridine rings is 1. The van der Waals surface area contributed by atoms with Crippen molar-refractivity contribution in [2.24, 2.45) is 0 Å². The first kappa shape index (κ1) is 17.1. The molecule has 0 atom stereocenters. The highest BCUT2D eigenvalue weighted by Crippen LogP contribution is 2.34. The number of nitrogens with one attached hydrogen (secondary N) is 1. The molecule has 4 rings (SSSR count). The fraction of sp³-hybridized carbons (Fsp3) is 0.412. The van der Waals surface area contributed by atoms with Gasteiger partial charge in [-0.1, -0.05) is 28.9 Å². The first-order valence-corrected chi connectivity index (χ1v) is 8.67. The van der Waals surface area contributed by atoms with Crippen LogP contribution in [0.15, 0.2) is 16.8 Å². The van der Waals surface area contributed by atoms with Crippen LogP contribution in [0, 0.1) is 0 Å². The van der Waals surface area contributed by atoms with Crippen molar-refractivity contribution >= 4 is 23.6 Å². The lowest BCUT2D eigenvalue weighted by atomic mass is 9.92. The Morgan fingerprint density at radius 2 is 2.12 bits per heavy atom. The van der Waals surface area contributed by atoms with Gasteiger partial charge in [0.05, 0.1) is 16.3 Å². The molecule has 1 saturated carbocycles. The molecule has 1 amide bonds. The number of amides is 1. The van der Waals surface area contributed by atoms with E-state index in [2.05, 4.69) is 20.4 Å². The third-order valence-electron chi connectivity index (χ3n) is 4.64. The molecule has 2 aliphatic rings. The summed E-state index contributed by atoms with van der Waals surface area (Å²) in [4.78, 5) is 20.6. The summed E-state index contributed by atoms with van der Waals surface area (Å²) >= 11 is 6.38. The number of carbonyl (C=O) groups is 1. The Bertz CT molecular complexity index is 887. The van der Waals surface area contributed by atoms with Crippen molar-refractivity contribution < 1.29 is 18.1 Å². The molecule has 0 aliphatic heterocycles. The molecule has 6 nitrogen and oxygen atoms in total. The summed E-state index contributed by atoms with van der Waals surface area (Å²) in [6.07, 6.45) is 6.05. The van der Waals surface area contributed by atoms with Crippen LogP contribution in [0.4, 0.5) is 8.78 Å². The van der Waals surface area contributed by atoms with Crippen LogP contribution in [0.1, 0.15) is 47.6 Å². The predicted molar refractivity (Wildman–Crippen MR) is 89.9 cm³/mol. The zero-order valence-corrected chi connectivity index (χ0v) is 14.4. The van der Waals surface area contributed by atoms with E-state index >= 15 is 0 Å². The van der Waals surface area contributed by atoms with Gasteiger partial charge < -0.3 is 9.84 Å². The third kappa shape index (κ3) is 3.21. The van der Waals surface area contributed by atoms with Crippen molar-refractivity contribution in [1.82, 2.24) is 20.4 Å². The van der Waals surface area contributed by atoms with E-state index in [0.29, 0.717) is 10.6 Å². The number of hydrogen-bond donors (Lipinski definition) is 1. The van der Waals surface area contributed by atoms with Gasteiger partial charge in [-0.05, 0) is 12.8 Å². The maximum Gasteiger partial charge on any atom is 0.316 e. The zero-order valence-electron chi connectivity index (χ0n) is 13.6.